The molecule has 0 aliphatic carbocycles. The van der Waals surface area contributed by atoms with Gasteiger partial charge in [0.15, 0.2) is 0 Å². The van der Waals surface area contributed by atoms with Crippen LogP contribution in [0.4, 0.5) is 8.78 Å². The van der Waals surface area contributed by atoms with Crippen LogP contribution in [0.25, 0.3) is 0 Å². The van der Waals surface area contributed by atoms with E-state index in [0.29, 0.717) is 0 Å². The van der Waals surface area contributed by atoms with Crippen LogP contribution in [0.5, 0.6) is 0 Å². The van der Waals surface area contributed by atoms with Crippen LogP contribution in [0.3, 0.4) is 0 Å². The van der Waals surface area contributed by atoms with Crippen LogP contribution in [0.1, 0.15) is 6.42 Å². The second kappa shape index (κ2) is 4.49. The van der Waals surface area contributed by atoms with Gasteiger partial charge in [-0.25, -0.2) is 4.79 Å². The molecule has 0 heterocycles. The van der Waals surface area contributed by atoms with Crippen molar-refractivity contribution in [2.75, 3.05) is 0 Å². The van der Waals surface area contributed by atoms with Crippen LogP contribution in [0.15, 0.2) is 25.3 Å². The fraction of sp³-hybridized carbons (Fsp3) is 0.250. The molecule has 0 saturated carbocycles. The molecule has 0 N–H and O–H groups in total. The van der Waals surface area contributed by atoms with Gasteiger partial charge in [0.25, 0.3) is 0 Å². The minimum absolute atomic E-state index is 0.108. The van der Waals surface area contributed by atoms with Crippen molar-refractivity contribution in [1.29, 1.82) is 0 Å². The van der Waals surface area contributed by atoms with Crippen molar-refractivity contribution < 1.29 is 23.1 Å². The topological polar surface area (TPSA) is 43.4 Å². The number of carbonyl (C=O) groups excluding carboxylic acids is 2. The highest BCUT2D eigenvalue weighted by atomic mass is 19.3. The molecule has 0 bridgehead atoms. The third-order valence-electron chi connectivity index (χ3n) is 1.05. The van der Waals surface area contributed by atoms with Crippen LogP contribution in [-0.4, -0.2) is 17.9 Å². The van der Waals surface area contributed by atoms with Gasteiger partial charge in [0, 0.05) is 0 Å². The van der Waals surface area contributed by atoms with E-state index in [4.69, 9.17) is 0 Å². The summed E-state index contributed by atoms with van der Waals surface area (Å²) < 4.78 is 28.5. The molecule has 0 fully saturated rings. The first-order chi connectivity index (χ1) is 5.94. The third-order valence-corrected chi connectivity index (χ3v) is 1.05. The monoisotopic (exact) mass is 190 g/mol. The zero-order valence-electron chi connectivity index (χ0n) is 6.76. The van der Waals surface area contributed by atoms with Gasteiger partial charge in [0.1, 0.15) is 0 Å². The van der Waals surface area contributed by atoms with E-state index in [0.717, 1.165) is 6.08 Å². The fourth-order valence-corrected chi connectivity index (χ4v) is 0.414. The third kappa shape index (κ3) is 3.59. The summed E-state index contributed by atoms with van der Waals surface area (Å²) in [5.41, 5.74) is 0. The molecule has 0 aromatic carbocycles. The number of halogens is 2. The summed E-state index contributed by atoms with van der Waals surface area (Å²) in [4.78, 5) is 21.0. The molecule has 0 radical (unpaired) electrons. The molecule has 5 heteroatoms. The van der Waals surface area contributed by atoms with Crippen molar-refractivity contribution in [2.24, 2.45) is 0 Å². The summed E-state index contributed by atoms with van der Waals surface area (Å²) in [5, 5.41) is 0. The first-order valence-corrected chi connectivity index (χ1v) is 3.31. The normalized spacial score (nSPS) is 10.3. The summed E-state index contributed by atoms with van der Waals surface area (Å²) in [6, 6.07) is 0. The molecule has 13 heavy (non-hydrogen) atoms. The predicted octanol–water partition coefficient (Wildman–Crippen LogP) is 1.45. The number of ether oxygens (including phenoxy) is 1. The van der Waals surface area contributed by atoms with E-state index in [2.05, 4.69) is 17.9 Å². The van der Waals surface area contributed by atoms with Crippen molar-refractivity contribution in [3.05, 3.63) is 25.3 Å². The average molecular weight is 190 g/mol. The molecule has 0 rings (SSSR count). The van der Waals surface area contributed by atoms with Gasteiger partial charge in [0.2, 0.25) is 0 Å². The van der Waals surface area contributed by atoms with E-state index in [1.807, 2.05) is 0 Å². The molecule has 0 amide bonds. The van der Waals surface area contributed by atoms with Crippen LogP contribution >= 0.6 is 0 Å². The molecule has 0 aliphatic heterocycles. The minimum atomic E-state index is -3.82. The highest BCUT2D eigenvalue weighted by Gasteiger charge is 2.38. The molecule has 0 aromatic rings. The second-order valence-electron chi connectivity index (χ2n) is 2.08. The maximum Gasteiger partial charge on any atom is 0.388 e. The van der Waals surface area contributed by atoms with Gasteiger partial charge in [-0.05, 0) is 6.08 Å². The molecule has 0 aromatic heterocycles. The van der Waals surface area contributed by atoms with Gasteiger partial charge in [-0.1, -0.05) is 12.7 Å². The maximum atomic E-state index is 12.4. The largest absolute Gasteiger partial charge is 0.388 e. The van der Waals surface area contributed by atoms with Gasteiger partial charge in [0.05, 0.1) is 6.42 Å². The highest BCUT2D eigenvalue weighted by Crippen LogP contribution is 2.16. The van der Waals surface area contributed by atoms with E-state index in [-0.39, 0.29) is 12.5 Å². The van der Waals surface area contributed by atoms with E-state index < -0.39 is 17.9 Å². The van der Waals surface area contributed by atoms with Crippen molar-refractivity contribution in [3.8, 4) is 0 Å². The van der Waals surface area contributed by atoms with Gasteiger partial charge >= 0.3 is 17.9 Å². The maximum absolute atomic E-state index is 12.4. The van der Waals surface area contributed by atoms with Crippen LogP contribution in [-0.2, 0) is 14.3 Å². The molecule has 0 unspecified atom stereocenters. The number of hydrogen-bond acceptors (Lipinski definition) is 3. The standard InChI is InChI=1S/C8H8F2O3/c1-3-5-6(11)13-7(12)8(9,10)4-2/h3-4H,1-2,5H2. The average Bonchev–Trinajstić information content (AvgIpc) is 2.04. The summed E-state index contributed by atoms with van der Waals surface area (Å²) in [6.45, 7) is 5.89. The zero-order valence-corrected chi connectivity index (χ0v) is 6.76. The summed E-state index contributed by atoms with van der Waals surface area (Å²) >= 11 is 0. The molecular weight excluding hydrogens is 182 g/mol. The van der Waals surface area contributed by atoms with Gasteiger partial charge in [-0.2, -0.15) is 8.78 Å². The number of esters is 2. The molecule has 0 aliphatic rings. The number of carbonyl (C=O) groups is 2. The Kier molecular flexibility index (Phi) is 3.97. The second-order valence-corrected chi connectivity index (χ2v) is 2.08. The molecular formula is C8H8F2O3. The van der Waals surface area contributed by atoms with E-state index in [1.165, 1.54) is 0 Å². The lowest BCUT2D eigenvalue weighted by Crippen LogP contribution is -2.30. The number of hydrogen-bond donors (Lipinski definition) is 0. The Hall–Kier alpha value is -1.52. The van der Waals surface area contributed by atoms with E-state index in [9.17, 15) is 18.4 Å². The highest BCUT2D eigenvalue weighted by molar-refractivity contribution is 5.90. The van der Waals surface area contributed by atoms with Crippen molar-refractivity contribution in [3.63, 3.8) is 0 Å². The lowest BCUT2D eigenvalue weighted by atomic mass is 10.3. The van der Waals surface area contributed by atoms with Gasteiger partial charge in [-0.15, -0.1) is 6.58 Å². The number of rotatable bonds is 4. The van der Waals surface area contributed by atoms with Crippen molar-refractivity contribution in [1.82, 2.24) is 0 Å². The molecule has 0 saturated heterocycles. The van der Waals surface area contributed by atoms with Crippen LogP contribution in [0.2, 0.25) is 0 Å². The summed E-state index contributed by atoms with van der Waals surface area (Å²) in [5.74, 6) is -6.81. The Morgan fingerprint density at radius 1 is 1.38 bits per heavy atom. The van der Waals surface area contributed by atoms with Crippen LogP contribution in [0, 0.1) is 0 Å². The SMILES string of the molecule is C=CCC(=O)OC(=O)C(F)(F)C=C. The predicted molar refractivity (Wildman–Crippen MR) is 41.1 cm³/mol. The van der Waals surface area contributed by atoms with Crippen molar-refractivity contribution >= 4 is 11.9 Å². The Morgan fingerprint density at radius 3 is 2.31 bits per heavy atom. The molecule has 72 valence electrons. The Morgan fingerprint density at radius 2 is 1.92 bits per heavy atom. The summed E-state index contributed by atoms with van der Waals surface area (Å²) in [6.07, 6.45) is 0.956. The first kappa shape index (κ1) is 11.5. The van der Waals surface area contributed by atoms with Gasteiger partial charge in [-0.3, -0.25) is 4.79 Å². The minimum Gasteiger partial charge on any atom is -0.388 e. The zero-order chi connectivity index (χ0) is 10.5. The molecule has 3 nitrogen and oxygen atoms in total. The smallest absolute Gasteiger partial charge is 0.388 e. The first-order valence-electron chi connectivity index (χ1n) is 3.31. The Balaban J connectivity index is 4.23. The molecule has 0 spiro atoms. The Labute approximate surface area is 73.7 Å². The van der Waals surface area contributed by atoms with Crippen LogP contribution < -0.4 is 0 Å². The Bertz CT molecular complexity index is 246. The van der Waals surface area contributed by atoms with E-state index in [1.54, 1.807) is 0 Å². The van der Waals surface area contributed by atoms with E-state index >= 15 is 0 Å². The quantitative estimate of drug-likeness (QED) is 0.383. The fourth-order valence-electron chi connectivity index (χ4n) is 0.414. The van der Waals surface area contributed by atoms with Gasteiger partial charge < -0.3 is 4.74 Å². The summed E-state index contributed by atoms with van der Waals surface area (Å²) in [7, 11) is 0. The number of alkyl halides is 2. The van der Waals surface area contributed by atoms with Crippen molar-refractivity contribution in [2.45, 2.75) is 12.3 Å². The lowest BCUT2D eigenvalue weighted by Gasteiger charge is -2.08. The lowest BCUT2D eigenvalue weighted by molar-refractivity contribution is -0.173. The molecule has 0 atom stereocenters.